The van der Waals surface area contributed by atoms with Gasteiger partial charge in [-0.15, -0.1) is 0 Å². The van der Waals surface area contributed by atoms with Crippen molar-refractivity contribution in [1.82, 2.24) is 14.7 Å². The highest BCUT2D eigenvalue weighted by Crippen LogP contribution is 2.28. The van der Waals surface area contributed by atoms with Gasteiger partial charge in [0.05, 0.1) is 22.9 Å². The summed E-state index contributed by atoms with van der Waals surface area (Å²) in [6, 6.07) is 9.60. The van der Waals surface area contributed by atoms with Crippen molar-refractivity contribution in [2.24, 2.45) is 5.92 Å². The third-order valence-corrected chi connectivity index (χ3v) is 5.64. The van der Waals surface area contributed by atoms with Gasteiger partial charge in [-0.2, -0.15) is 5.10 Å². The molecule has 28 heavy (non-hydrogen) atoms. The minimum absolute atomic E-state index is 0.299. The number of nitrogens with zero attached hydrogens (tertiary/aromatic N) is 3. The zero-order chi connectivity index (χ0) is 20.1. The summed E-state index contributed by atoms with van der Waals surface area (Å²) in [5, 5.41) is 10.7. The van der Waals surface area contributed by atoms with Gasteiger partial charge in [0.15, 0.2) is 0 Å². The number of benzene rings is 1. The number of carbonyl (C=O) groups is 1. The molecular formula is C21H30ClN5O. The van der Waals surface area contributed by atoms with Crippen molar-refractivity contribution in [3.05, 3.63) is 41.6 Å². The number of nitrogens with one attached hydrogen (secondary N) is 2. The molecule has 1 fully saturated rings. The molecule has 1 aliphatic heterocycles. The molecule has 2 heterocycles. The zero-order valence-corrected chi connectivity index (χ0v) is 17.6. The Kier molecular flexibility index (Phi) is 6.97. The molecule has 152 valence electrons. The van der Waals surface area contributed by atoms with E-state index in [9.17, 15) is 4.79 Å². The Morgan fingerprint density at radius 3 is 2.57 bits per heavy atom. The van der Waals surface area contributed by atoms with Crippen molar-refractivity contribution < 1.29 is 4.79 Å². The molecule has 1 atom stereocenters. The Morgan fingerprint density at radius 2 is 1.89 bits per heavy atom. The van der Waals surface area contributed by atoms with Crippen LogP contribution in [0.25, 0.3) is 0 Å². The average molecular weight is 404 g/mol. The number of amides is 2. The van der Waals surface area contributed by atoms with Gasteiger partial charge < -0.3 is 10.2 Å². The fourth-order valence-electron chi connectivity index (χ4n) is 3.94. The van der Waals surface area contributed by atoms with Crippen LogP contribution in [0.5, 0.6) is 0 Å². The number of hydrogen-bond acceptors (Lipinski definition) is 3. The quantitative estimate of drug-likeness (QED) is 0.692. The van der Waals surface area contributed by atoms with Crippen molar-refractivity contribution in [3.8, 4) is 0 Å². The van der Waals surface area contributed by atoms with Crippen LogP contribution < -0.4 is 10.6 Å². The summed E-state index contributed by atoms with van der Waals surface area (Å²) in [5.74, 6) is 1.42. The van der Waals surface area contributed by atoms with Crippen LogP contribution in [0.2, 0.25) is 5.02 Å². The van der Waals surface area contributed by atoms with Gasteiger partial charge in [0, 0.05) is 25.2 Å². The Balaban J connectivity index is 1.57. The SMILES string of the molecule is CC(C)C[C@H](C)N1CCC(n2nccc2NC(=O)Nc2ccccc2Cl)CC1. The van der Waals surface area contributed by atoms with Crippen LogP contribution in [0, 0.1) is 5.92 Å². The van der Waals surface area contributed by atoms with E-state index in [1.807, 2.05) is 22.9 Å². The van der Waals surface area contributed by atoms with E-state index in [4.69, 9.17) is 11.6 Å². The van der Waals surface area contributed by atoms with Crippen LogP contribution in [0.3, 0.4) is 0 Å². The number of aromatic nitrogens is 2. The summed E-state index contributed by atoms with van der Waals surface area (Å²) in [4.78, 5) is 14.9. The van der Waals surface area contributed by atoms with E-state index < -0.39 is 0 Å². The monoisotopic (exact) mass is 403 g/mol. The molecule has 2 N–H and O–H groups in total. The van der Waals surface area contributed by atoms with Gasteiger partial charge in [-0.3, -0.25) is 5.32 Å². The second-order valence-electron chi connectivity index (χ2n) is 7.97. The number of urea groups is 1. The lowest BCUT2D eigenvalue weighted by Crippen LogP contribution is -2.41. The number of hydrogen-bond donors (Lipinski definition) is 2. The Labute approximate surface area is 172 Å². The van der Waals surface area contributed by atoms with Gasteiger partial charge in [0.2, 0.25) is 0 Å². The summed E-state index contributed by atoms with van der Waals surface area (Å²) in [6.45, 7) is 8.99. The number of anilines is 2. The molecule has 0 unspecified atom stereocenters. The molecule has 0 saturated carbocycles. The Hall–Kier alpha value is -2.05. The lowest BCUT2D eigenvalue weighted by molar-refractivity contribution is 0.126. The lowest BCUT2D eigenvalue weighted by Gasteiger charge is -2.37. The highest BCUT2D eigenvalue weighted by molar-refractivity contribution is 6.33. The van der Waals surface area contributed by atoms with E-state index in [1.54, 1.807) is 18.3 Å². The highest BCUT2D eigenvalue weighted by Gasteiger charge is 2.26. The first kappa shape index (κ1) is 20.7. The number of carbonyl (C=O) groups excluding carboxylic acids is 1. The van der Waals surface area contributed by atoms with Gasteiger partial charge in [0.1, 0.15) is 5.82 Å². The predicted octanol–water partition coefficient (Wildman–Crippen LogP) is 5.25. The van der Waals surface area contributed by atoms with Crippen molar-refractivity contribution in [2.75, 3.05) is 23.7 Å². The van der Waals surface area contributed by atoms with E-state index in [2.05, 4.69) is 41.4 Å². The first-order chi connectivity index (χ1) is 13.4. The fourth-order valence-corrected chi connectivity index (χ4v) is 4.12. The predicted molar refractivity (Wildman–Crippen MR) is 115 cm³/mol. The van der Waals surface area contributed by atoms with Gasteiger partial charge in [-0.1, -0.05) is 37.6 Å². The molecular weight excluding hydrogens is 374 g/mol. The smallest absolute Gasteiger partial charge is 0.306 e. The van der Waals surface area contributed by atoms with Crippen LogP contribution in [-0.2, 0) is 0 Å². The minimum Gasteiger partial charge on any atom is -0.306 e. The summed E-state index contributed by atoms with van der Waals surface area (Å²) >= 11 is 6.11. The van der Waals surface area contributed by atoms with Crippen molar-refractivity contribution >= 4 is 29.1 Å². The molecule has 0 spiro atoms. The number of piperidine rings is 1. The van der Waals surface area contributed by atoms with Crippen molar-refractivity contribution in [2.45, 2.75) is 52.1 Å². The number of rotatable bonds is 6. The summed E-state index contributed by atoms with van der Waals surface area (Å²) < 4.78 is 1.94. The fraction of sp³-hybridized carbons (Fsp3) is 0.524. The second-order valence-corrected chi connectivity index (χ2v) is 8.37. The van der Waals surface area contributed by atoms with E-state index in [1.165, 1.54) is 6.42 Å². The van der Waals surface area contributed by atoms with Gasteiger partial charge in [-0.25, -0.2) is 9.48 Å². The minimum atomic E-state index is -0.321. The van der Waals surface area contributed by atoms with E-state index in [-0.39, 0.29) is 6.03 Å². The molecule has 1 aromatic carbocycles. The largest absolute Gasteiger partial charge is 0.324 e. The lowest BCUT2D eigenvalue weighted by atomic mass is 9.99. The summed E-state index contributed by atoms with van der Waals surface area (Å²) in [7, 11) is 0. The van der Waals surface area contributed by atoms with E-state index >= 15 is 0 Å². The van der Waals surface area contributed by atoms with Crippen LogP contribution in [-0.4, -0.2) is 39.8 Å². The highest BCUT2D eigenvalue weighted by atomic mass is 35.5. The van der Waals surface area contributed by atoms with Crippen molar-refractivity contribution in [1.29, 1.82) is 0 Å². The van der Waals surface area contributed by atoms with Crippen LogP contribution in [0.1, 0.15) is 46.1 Å². The molecule has 0 aliphatic carbocycles. The second kappa shape index (κ2) is 9.43. The summed E-state index contributed by atoms with van der Waals surface area (Å²) in [6.07, 6.45) is 5.02. The first-order valence-electron chi connectivity index (χ1n) is 10.0. The first-order valence-corrected chi connectivity index (χ1v) is 10.4. The zero-order valence-electron chi connectivity index (χ0n) is 16.9. The topological polar surface area (TPSA) is 62.2 Å². The third kappa shape index (κ3) is 5.26. The maximum Gasteiger partial charge on any atom is 0.324 e. The van der Waals surface area contributed by atoms with E-state index in [0.29, 0.717) is 34.5 Å². The number of para-hydroxylation sites is 1. The molecule has 7 heteroatoms. The van der Waals surface area contributed by atoms with Gasteiger partial charge in [-0.05, 0) is 44.2 Å². The standard InChI is InChI=1S/C21H30ClN5O/c1-15(2)14-16(3)26-12-9-17(10-13-26)27-20(8-11-23-27)25-21(28)24-19-7-5-4-6-18(19)22/h4-8,11,15-17H,9-10,12-14H2,1-3H3,(H2,24,25,28)/t16-/m0/s1. The normalized spacial score (nSPS) is 16.9. The van der Waals surface area contributed by atoms with E-state index in [0.717, 1.165) is 25.9 Å². The van der Waals surface area contributed by atoms with Crippen LogP contribution in [0.4, 0.5) is 16.3 Å². The molecule has 6 nitrogen and oxygen atoms in total. The molecule has 1 aliphatic rings. The molecule has 1 saturated heterocycles. The Bertz CT molecular complexity index is 783. The average Bonchev–Trinajstić information content (AvgIpc) is 3.11. The molecule has 0 radical (unpaired) electrons. The van der Waals surface area contributed by atoms with Gasteiger partial charge >= 0.3 is 6.03 Å². The molecule has 2 aromatic rings. The molecule has 0 bridgehead atoms. The molecule has 1 aromatic heterocycles. The van der Waals surface area contributed by atoms with Crippen LogP contribution in [0.15, 0.2) is 36.5 Å². The Morgan fingerprint density at radius 1 is 1.18 bits per heavy atom. The maximum absolute atomic E-state index is 12.4. The van der Waals surface area contributed by atoms with Gasteiger partial charge in [0.25, 0.3) is 0 Å². The molecule has 3 rings (SSSR count). The number of likely N-dealkylation sites (tertiary alicyclic amines) is 1. The number of halogens is 1. The van der Waals surface area contributed by atoms with Crippen molar-refractivity contribution in [3.63, 3.8) is 0 Å². The third-order valence-electron chi connectivity index (χ3n) is 5.31. The maximum atomic E-state index is 12.4. The molecule has 2 amide bonds. The summed E-state index contributed by atoms with van der Waals surface area (Å²) in [5.41, 5.74) is 0.584. The van der Waals surface area contributed by atoms with Crippen LogP contribution >= 0.6 is 11.6 Å².